The highest BCUT2D eigenvalue weighted by molar-refractivity contribution is 6.31. The van der Waals surface area contributed by atoms with Gasteiger partial charge in [-0.1, -0.05) is 11.6 Å². The van der Waals surface area contributed by atoms with E-state index in [4.69, 9.17) is 27.9 Å². The first-order chi connectivity index (χ1) is 10.1. The van der Waals surface area contributed by atoms with Crippen molar-refractivity contribution < 1.29 is 9.13 Å². The molecule has 6 heteroatoms. The molecule has 1 aliphatic carbocycles. The highest BCUT2D eigenvalue weighted by Gasteiger charge is 2.21. The molecule has 2 aromatic rings. The van der Waals surface area contributed by atoms with Crippen LogP contribution in [0.1, 0.15) is 31.0 Å². The van der Waals surface area contributed by atoms with Gasteiger partial charge in [-0.25, -0.2) is 9.37 Å². The Hall–Kier alpha value is -0.840. The normalized spacial score (nSPS) is 16.6. The number of ether oxygens (including phenoxy) is 1. The van der Waals surface area contributed by atoms with Gasteiger partial charge in [0.1, 0.15) is 11.6 Å². The molecule has 114 valence electrons. The van der Waals surface area contributed by atoms with Crippen molar-refractivity contribution in [2.75, 3.05) is 13.2 Å². The number of fused-ring (bicyclic) bond motifs is 1. The SMILES string of the molecule is CC(Cl)c1nc2cc(F)c(Cl)cc2n1CCOCC1CC1. The fourth-order valence-corrected chi connectivity index (χ4v) is 2.69. The monoisotopic (exact) mass is 330 g/mol. The topological polar surface area (TPSA) is 27.1 Å². The molecule has 0 bridgehead atoms. The van der Waals surface area contributed by atoms with Gasteiger partial charge in [-0.05, 0) is 31.7 Å². The van der Waals surface area contributed by atoms with Crippen molar-refractivity contribution in [3.63, 3.8) is 0 Å². The Balaban J connectivity index is 1.85. The predicted molar refractivity (Wildman–Crippen MR) is 82.5 cm³/mol. The first kappa shape index (κ1) is 15.1. The van der Waals surface area contributed by atoms with Gasteiger partial charge in [-0.2, -0.15) is 0 Å². The lowest BCUT2D eigenvalue weighted by Gasteiger charge is -2.11. The number of hydrogen-bond donors (Lipinski definition) is 0. The maximum absolute atomic E-state index is 13.6. The summed E-state index contributed by atoms with van der Waals surface area (Å²) in [7, 11) is 0. The highest BCUT2D eigenvalue weighted by Crippen LogP contribution is 2.30. The second kappa shape index (κ2) is 6.11. The summed E-state index contributed by atoms with van der Waals surface area (Å²) in [6, 6.07) is 2.95. The minimum Gasteiger partial charge on any atom is -0.379 e. The Morgan fingerprint density at radius 3 is 2.90 bits per heavy atom. The molecule has 0 N–H and O–H groups in total. The molecular formula is C15H17Cl2FN2O. The van der Waals surface area contributed by atoms with E-state index in [1.165, 1.54) is 18.9 Å². The molecule has 1 aromatic carbocycles. The van der Waals surface area contributed by atoms with E-state index in [0.29, 0.717) is 24.5 Å². The molecule has 0 spiro atoms. The summed E-state index contributed by atoms with van der Waals surface area (Å²) >= 11 is 12.1. The molecule has 1 aromatic heterocycles. The molecule has 1 aliphatic rings. The summed E-state index contributed by atoms with van der Waals surface area (Å²) in [6.45, 7) is 3.89. The summed E-state index contributed by atoms with van der Waals surface area (Å²) in [4.78, 5) is 4.42. The van der Waals surface area contributed by atoms with Crippen LogP contribution in [0.2, 0.25) is 5.02 Å². The Bertz CT molecular complexity index is 653. The molecule has 0 saturated heterocycles. The predicted octanol–water partition coefficient (Wildman–Crippen LogP) is 4.56. The lowest BCUT2D eigenvalue weighted by molar-refractivity contribution is 0.117. The van der Waals surface area contributed by atoms with Gasteiger partial charge >= 0.3 is 0 Å². The molecule has 3 rings (SSSR count). The van der Waals surface area contributed by atoms with Crippen LogP contribution in [0.3, 0.4) is 0 Å². The summed E-state index contributed by atoms with van der Waals surface area (Å²) in [5.41, 5.74) is 1.36. The summed E-state index contributed by atoms with van der Waals surface area (Å²) < 4.78 is 21.2. The van der Waals surface area contributed by atoms with Crippen LogP contribution < -0.4 is 0 Å². The van der Waals surface area contributed by atoms with Crippen molar-refractivity contribution in [3.05, 3.63) is 28.8 Å². The first-order valence-electron chi connectivity index (χ1n) is 7.13. The number of nitrogens with zero attached hydrogens (tertiary/aromatic N) is 2. The number of alkyl halides is 1. The highest BCUT2D eigenvalue weighted by atomic mass is 35.5. The first-order valence-corrected chi connectivity index (χ1v) is 7.94. The number of aromatic nitrogens is 2. The van der Waals surface area contributed by atoms with Crippen molar-refractivity contribution in [3.8, 4) is 0 Å². The third-order valence-electron chi connectivity index (χ3n) is 3.69. The van der Waals surface area contributed by atoms with E-state index in [0.717, 1.165) is 18.0 Å². The third kappa shape index (κ3) is 3.33. The van der Waals surface area contributed by atoms with Crippen LogP contribution in [-0.2, 0) is 11.3 Å². The Labute approximate surface area is 133 Å². The zero-order valence-electron chi connectivity index (χ0n) is 11.8. The largest absolute Gasteiger partial charge is 0.379 e. The van der Waals surface area contributed by atoms with E-state index in [1.54, 1.807) is 6.07 Å². The van der Waals surface area contributed by atoms with Gasteiger partial charge in [0.15, 0.2) is 0 Å². The van der Waals surface area contributed by atoms with E-state index in [1.807, 2.05) is 11.5 Å². The zero-order chi connectivity index (χ0) is 15.0. The van der Waals surface area contributed by atoms with Crippen molar-refractivity contribution in [1.29, 1.82) is 0 Å². The third-order valence-corrected chi connectivity index (χ3v) is 4.17. The molecule has 21 heavy (non-hydrogen) atoms. The lowest BCUT2D eigenvalue weighted by atomic mass is 10.3. The standard InChI is InChI=1S/C15H17Cl2FN2O/c1-9(16)15-19-13-7-12(18)11(17)6-14(13)20(15)4-5-21-8-10-2-3-10/h6-7,9-10H,2-5,8H2,1H3. The van der Waals surface area contributed by atoms with Crippen molar-refractivity contribution >= 4 is 34.2 Å². The summed E-state index contributed by atoms with van der Waals surface area (Å²) in [6.07, 6.45) is 2.54. The molecular weight excluding hydrogens is 314 g/mol. The molecule has 0 radical (unpaired) electrons. The molecule has 1 heterocycles. The Morgan fingerprint density at radius 1 is 1.48 bits per heavy atom. The quantitative estimate of drug-likeness (QED) is 0.573. The fraction of sp³-hybridized carbons (Fsp3) is 0.533. The van der Waals surface area contributed by atoms with Crippen LogP contribution in [0.4, 0.5) is 4.39 Å². The van der Waals surface area contributed by atoms with E-state index in [2.05, 4.69) is 4.98 Å². The van der Waals surface area contributed by atoms with Gasteiger partial charge in [-0.3, -0.25) is 0 Å². The van der Waals surface area contributed by atoms with Gasteiger partial charge in [0.05, 0.1) is 28.0 Å². The van der Waals surface area contributed by atoms with Gasteiger partial charge in [-0.15, -0.1) is 11.6 Å². The molecule has 1 unspecified atom stereocenters. The second-order valence-electron chi connectivity index (χ2n) is 5.51. The molecule has 3 nitrogen and oxygen atoms in total. The number of benzene rings is 1. The average Bonchev–Trinajstić information content (AvgIpc) is 3.19. The molecule has 0 amide bonds. The van der Waals surface area contributed by atoms with Gasteiger partial charge in [0, 0.05) is 19.2 Å². The molecule has 0 aliphatic heterocycles. The van der Waals surface area contributed by atoms with Crippen molar-refractivity contribution in [1.82, 2.24) is 9.55 Å². The van der Waals surface area contributed by atoms with Crippen LogP contribution >= 0.6 is 23.2 Å². The van der Waals surface area contributed by atoms with Crippen LogP contribution in [-0.4, -0.2) is 22.8 Å². The van der Waals surface area contributed by atoms with Gasteiger partial charge in [0.2, 0.25) is 0 Å². The zero-order valence-corrected chi connectivity index (χ0v) is 13.3. The minimum absolute atomic E-state index is 0.0938. The number of rotatable bonds is 6. The van der Waals surface area contributed by atoms with Crippen LogP contribution in [0, 0.1) is 11.7 Å². The summed E-state index contributed by atoms with van der Waals surface area (Å²) in [5.74, 6) is 0.982. The summed E-state index contributed by atoms with van der Waals surface area (Å²) in [5, 5.41) is -0.168. The lowest BCUT2D eigenvalue weighted by Crippen LogP contribution is -2.11. The number of imidazole rings is 1. The van der Waals surface area contributed by atoms with Crippen LogP contribution in [0.5, 0.6) is 0 Å². The fourth-order valence-electron chi connectivity index (χ4n) is 2.37. The van der Waals surface area contributed by atoms with Crippen molar-refractivity contribution in [2.24, 2.45) is 5.92 Å². The maximum atomic E-state index is 13.6. The number of halogens is 3. The van der Waals surface area contributed by atoms with E-state index in [9.17, 15) is 4.39 Å². The average molecular weight is 331 g/mol. The van der Waals surface area contributed by atoms with Crippen LogP contribution in [0.15, 0.2) is 12.1 Å². The minimum atomic E-state index is -0.465. The molecule has 1 atom stereocenters. The molecule has 1 fully saturated rings. The van der Waals surface area contributed by atoms with Crippen molar-refractivity contribution in [2.45, 2.75) is 31.7 Å². The van der Waals surface area contributed by atoms with E-state index >= 15 is 0 Å². The van der Waals surface area contributed by atoms with Crippen LogP contribution in [0.25, 0.3) is 11.0 Å². The molecule has 1 saturated carbocycles. The second-order valence-corrected chi connectivity index (χ2v) is 6.57. The van der Waals surface area contributed by atoms with E-state index in [-0.39, 0.29) is 10.4 Å². The van der Waals surface area contributed by atoms with Gasteiger partial charge in [0.25, 0.3) is 0 Å². The Kier molecular flexibility index (Phi) is 4.38. The maximum Gasteiger partial charge on any atom is 0.144 e. The Morgan fingerprint density at radius 2 is 2.24 bits per heavy atom. The number of hydrogen-bond acceptors (Lipinski definition) is 2. The van der Waals surface area contributed by atoms with E-state index < -0.39 is 5.82 Å². The van der Waals surface area contributed by atoms with Gasteiger partial charge < -0.3 is 9.30 Å². The smallest absolute Gasteiger partial charge is 0.144 e.